The predicted molar refractivity (Wildman–Crippen MR) is 84.7 cm³/mol. The predicted octanol–water partition coefficient (Wildman–Crippen LogP) is 4.29. The van der Waals surface area contributed by atoms with Gasteiger partial charge in [0.05, 0.1) is 10.5 Å². The van der Waals surface area contributed by atoms with Gasteiger partial charge in [0.1, 0.15) is 12.2 Å². The van der Waals surface area contributed by atoms with E-state index in [0.717, 1.165) is 15.7 Å². The monoisotopic (exact) mass is 403 g/mol. The smallest absolute Gasteiger partial charge is 0.303 e. The summed E-state index contributed by atoms with van der Waals surface area (Å²) in [6.45, 7) is 5.13. The van der Waals surface area contributed by atoms with Crippen LogP contribution in [0.5, 0.6) is 0 Å². The normalized spacial score (nSPS) is 25.6. The van der Waals surface area contributed by atoms with E-state index in [9.17, 15) is 4.79 Å². The van der Waals surface area contributed by atoms with Gasteiger partial charge in [-0.2, -0.15) is 0 Å². The first kappa shape index (κ1) is 15.5. The summed E-state index contributed by atoms with van der Waals surface area (Å²) in [5.74, 6) is 0.255. The number of esters is 1. The number of alkyl halides is 1. The molecule has 20 heavy (non-hydrogen) atoms. The fourth-order valence-corrected chi connectivity index (χ4v) is 2.99. The van der Waals surface area contributed by atoms with Crippen LogP contribution >= 0.6 is 31.9 Å². The summed E-state index contributed by atoms with van der Waals surface area (Å²) in [5, 5.41) is 0. The lowest BCUT2D eigenvalue weighted by atomic mass is 10.0. The third kappa shape index (κ3) is 3.41. The number of benzene rings is 1. The molecule has 108 valence electrons. The molecule has 1 heterocycles. The molecule has 2 rings (SSSR count). The van der Waals surface area contributed by atoms with Crippen molar-refractivity contribution in [1.82, 2.24) is 0 Å². The fourth-order valence-electron chi connectivity index (χ4n) is 2.11. The number of fused-ring (bicyclic) bond motifs is 1. The van der Waals surface area contributed by atoms with Gasteiger partial charge < -0.3 is 9.47 Å². The van der Waals surface area contributed by atoms with Gasteiger partial charge in [-0.1, -0.05) is 31.9 Å². The first-order valence-electron chi connectivity index (χ1n) is 6.21. The number of hydrogen-bond acceptors (Lipinski definition) is 4. The van der Waals surface area contributed by atoms with Crippen molar-refractivity contribution in [1.29, 1.82) is 0 Å². The Balaban J connectivity index is 2.56. The second-order valence-corrected chi connectivity index (χ2v) is 6.60. The van der Waals surface area contributed by atoms with E-state index in [4.69, 9.17) is 9.47 Å². The van der Waals surface area contributed by atoms with Crippen molar-refractivity contribution in [3.63, 3.8) is 0 Å². The highest BCUT2D eigenvalue weighted by Crippen LogP contribution is 2.39. The Bertz CT molecular complexity index is 559. The Morgan fingerprint density at radius 1 is 1.45 bits per heavy atom. The number of hydrogen-bond donors (Lipinski definition) is 0. The first-order chi connectivity index (χ1) is 9.38. The van der Waals surface area contributed by atoms with Gasteiger partial charge in [-0.3, -0.25) is 4.79 Å². The zero-order chi connectivity index (χ0) is 14.9. The Kier molecular flexibility index (Phi) is 4.86. The van der Waals surface area contributed by atoms with Crippen molar-refractivity contribution >= 4 is 49.4 Å². The molecule has 0 aliphatic carbocycles. The molecule has 0 N–H and O–H groups in total. The second-order valence-electron chi connectivity index (χ2n) is 4.63. The van der Waals surface area contributed by atoms with Gasteiger partial charge in [-0.15, -0.1) is 0 Å². The largest absolute Gasteiger partial charge is 0.477 e. The summed E-state index contributed by atoms with van der Waals surface area (Å²) < 4.78 is 12.1. The minimum atomic E-state index is -0.452. The Morgan fingerprint density at radius 2 is 2.15 bits per heavy atom. The van der Waals surface area contributed by atoms with E-state index in [1.54, 1.807) is 0 Å². The highest BCUT2D eigenvalue weighted by molar-refractivity contribution is 9.10. The van der Waals surface area contributed by atoms with Crippen LogP contribution in [0, 0.1) is 0 Å². The Labute approximate surface area is 134 Å². The minimum Gasteiger partial charge on any atom is -0.477 e. The van der Waals surface area contributed by atoms with E-state index in [2.05, 4.69) is 36.9 Å². The zero-order valence-corrected chi connectivity index (χ0v) is 14.6. The maximum atomic E-state index is 11.4. The molecule has 0 unspecified atom stereocenters. The molecule has 4 nitrogen and oxygen atoms in total. The number of ether oxygens (including phenoxy) is 2. The van der Waals surface area contributed by atoms with E-state index < -0.39 is 6.10 Å². The van der Waals surface area contributed by atoms with Crippen molar-refractivity contribution in [2.75, 3.05) is 0 Å². The van der Waals surface area contributed by atoms with Crippen LogP contribution in [-0.4, -0.2) is 22.8 Å². The van der Waals surface area contributed by atoms with Crippen molar-refractivity contribution < 1.29 is 14.3 Å². The van der Waals surface area contributed by atoms with Crippen LogP contribution in [0.15, 0.2) is 27.7 Å². The van der Waals surface area contributed by atoms with Crippen LogP contribution in [0.4, 0.5) is 5.69 Å². The second kappa shape index (κ2) is 6.26. The number of rotatable bonds is 1. The van der Waals surface area contributed by atoms with Crippen molar-refractivity contribution in [3.8, 4) is 0 Å². The van der Waals surface area contributed by atoms with Crippen molar-refractivity contribution in [2.45, 2.75) is 37.8 Å². The maximum absolute atomic E-state index is 11.4. The van der Waals surface area contributed by atoms with Gasteiger partial charge in [0.25, 0.3) is 0 Å². The summed E-state index contributed by atoms with van der Waals surface area (Å²) in [6, 6.07) is 5.69. The molecule has 0 radical (unpaired) electrons. The Hall–Kier alpha value is -0.880. The summed E-state index contributed by atoms with van der Waals surface area (Å²) in [7, 11) is 0. The molecule has 0 spiro atoms. The molecule has 0 fully saturated rings. The highest BCUT2D eigenvalue weighted by Gasteiger charge is 2.33. The summed E-state index contributed by atoms with van der Waals surface area (Å²) in [4.78, 5) is 15.7. The molecule has 0 saturated heterocycles. The van der Waals surface area contributed by atoms with Crippen molar-refractivity contribution in [2.24, 2.45) is 4.99 Å². The molecule has 0 bridgehead atoms. The van der Waals surface area contributed by atoms with E-state index in [-0.39, 0.29) is 16.9 Å². The lowest BCUT2D eigenvalue weighted by Crippen LogP contribution is -2.32. The van der Waals surface area contributed by atoms with Crippen molar-refractivity contribution in [3.05, 3.63) is 28.2 Å². The van der Waals surface area contributed by atoms with Crippen LogP contribution in [0.2, 0.25) is 0 Å². The molecule has 1 aliphatic rings. The molecule has 0 saturated carbocycles. The van der Waals surface area contributed by atoms with E-state index in [0.29, 0.717) is 5.90 Å². The van der Waals surface area contributed by atoms with Gasteiger partial charge in [0.2, 0.25) is 0 Å². The fraction of sp³-hybridized carbons (Fsp3) is 0.429. The number of carbonyl (C=O) groups is 1. The molecule has 0 amide bonds. The lowest BCUT2D eigenvalue weighted by Gasteiger charge is -2.30. The van der Waals surface area contributed by atoms with Gasteiger partial charge in [0, 0.05) is 23.9 Å². The van der Waals surface area contributed by atoms with E-state index in [1.165, 1.54) is 6.92 Å². The molecule has 1 aromatic rings. The molecular weight excluding hydrogens is 390 g/mol. The van der Waals surface area contributed by atoms with Gasteiger partial charge in [-0.05, 0) is 25.1 Å². The highest BCUT2D eigenvalue weighted by atomic mass is 79.9. The molecule has 3 atom stereocenters. The molecule has 1 aliphatic heterocycles. The van der Waals surface area contributed by atoms with Crippen LogP contribution < -0.4 is 0 Å². The molecule has 0 aromatic heterocycles. The SMILES string of the molecule is CC(=O)O[C@H]1c2cc(Br)ccc2N=C(C)O[C@H](C)[C@H]1Br. The third-order valence-electron chi connectivity index (χ3n) is 2.96. The van der Waals surface area contributed by atoms with Crippen LogP contribution in [0.25, 0.3) is 0 Å². The third-order valence-corrected chi connectivity index (χ3v) is 4.68. The number of aliphatic imine (C=N–C) groups is 1. The van der Waals surface area contributed by atoms with E-state index in [1.807, 2.05) is 32.0 Å². The Morgan fingerprint density at radius 3 is 2.80 bits per heavy atom. The number of nitrogens with zero attached hydrogens (tertiary/aromatic N) is 1. The minimum absolute atomic E-state index is 0.162. The van der Waals surface area contributed by atoms with Crippen LogP contribution in [0.3, 0.4) is 0 Å². The lowest BCUT2D eigenvalue weighted by molar-refractivity contribution is -0.147. The maximum Gasteiger partial charge on any atom is 0.303 e. The average Bonchev–Trinajstić information content (AvgIpc) is 2.36. The van der Waals surface area contributed by atoms with Crippen LogP contribution in [-0.2, 0) is 14.3 Å². The van der Waals surface area contributed by atoms with E-state index >= 15 is 0 Å². The standard InChI is InChI=1S/C14H15Br2NO3/c1-7-13(16)14(20-9(3)18)11-6-10(15)4-5-12(11)17-8(2)19-7/h4-7,13-14H,1-3H3/t7-,13-,14+/m1/s1. The topological polar surface area (TPSA) is 47.9 Å². The summed E-state index contributed by atoms with van der Waals surface area (Å²) in [6.07, 6.45) is -0.623. The quantitative estimate of drug-likeness (QED) is 0.518. The van der Waals surface area contributed by atoms with Crippen LogP contribution in [0.1, 0.15) is 32.4 Å². The molecular formula is C14H15Br2NO3. The average molecular weight is 405 g/mol. The number of carbonyl (C=O) groups excluding carboxylic acids is 1. The van der Waals surface area contributed by atoms with Gasteiger partial charge >= 0.3 is 5.97 Å². The van der Waals surface area contributed by atoms with Gasteiger partial charge in [-0.25, -0.2) is 4.99 Å². The molecule has 1 aromatic carbocycles. The molecule has 6 heteroatoms. The first-order valence-corrected chi connectivity index (χ1v) is 7.92. The zero-order valence-electron chi connectivity index (χ0n) is 11.4. The number of halogens is 2. The summed E-state index contributed by atoms with van der Waals surface area (Å²) in [5.41, 5.74) is 1.60. The van der Waals surface area contributed by atoms with Gasteiger partial charge in [0.15, 0.2) is 5.90 Å². The summed E-state index contributed by atoms with van der Waals surface area (Å²) >= 11 is 7.03.